The quantitative estimate of drug-likeness (QED) is 0.885. The molecule has 0 saturated heterocycles. The lowest BCUT2D eigenvalue weighted by Crippen LogP contribution is -2.23. The third-order valence-electron chi connectivity index (χ3n) is 2.13. The maximum atomic E-state index is 12.0. The number of hydrogen-bond acceptors (Lipinski definition) is 5. The van der Waals surface area contributed by atoms with Crippen LogP contribution >= 0.6 is 27.3 Å². The fourth-order valence-corrected chi connectivity index (χ4v) is 3.83. The first kappa shape index (κ1) is 13.5. The molecule has 0 bridgehead atoms. The summed E-state index contributed by atoms with van der Waals surface area (Å²) in [5, 5.41) is 0. The number of rotatable bonds is 4. The molecule has 0 unspecified atom stereocenters. The minimum atomic E-state index is -3.55. The molecule has 0 spiro atoms. The van der Waals surface area contributed by atoms with Crippen LogP contribution in [-0.4, -0.2) is 13.4 Å². The van der Waals surface area contributed by atoms with E-state index in [1.54, 1.807) is 0 Å². The second-order valence-electron chi connectivity index (χ2n) is 3.45. The van der Waals surface area contributed by atoms with Crippen molar-refractivity contribution in [2.45, 2.75) is 11.4 Å². The van der Waals surface area contributed by atoms with Gasteiger partial charge in [-0.05, 0) is 34.1 Å². The maximum Gasteiger partial charge on any atom is 0.241 e. The van der Waals surface area contributed by atoms with Crippen molar-refractivity contribution in [1.29, 1.82) is 0 Å². The summed E-state index contributed by atoms with van der Waals surface area (Å²) in [5.41, 5.74) is 5.46. The van der Waals surface area contributed by atoms with Gasteiger partial charge < -0.3 is 5.73 Å². The Morgan fingerprint density at radius 3 is 2.78 bits per heavy atom. The second kappa shape index (κ2) is 5.35. The Kier molecular flexibility index (Phi) is 4.00. The van der Waals surface area contributed by atoms with Gasteiger partial charge in [0.1, 0.15) is 5.82 Å². The van der Waals surface area contributed by atoms with Gasteiger partial charge in [-0.15, -0.1) is 11.3 Å². The monoisotopic (exact) mass is 347 g/mol. The van der Waals surface area contributed by atoms with E-state index in [0.29, 0.717) is 0 Å². The highest BCUT2D eigenvalue weighted by atomic mass is 79.9. The Labute approximate surface area is 117 Å². The number of nitrogens with zero attached hydrogens (tertiary/aromatic N) is 1. The second-order valence-corrected chi connectivity index (χ2v) is 7.76. The summed E-state index contributed by atoms with van der Waals surface area (Å²) >= 11 is 4.80. The van der Waals surface area contributed by atoms with Crippen molar-refractivity contribution in [3.63, 3.8) is 0 Å². The van der Waals surface area contributed by atoms with Gasteiger partial charge in [-0.1, -0.05) is 0 Å². The Hall–Kier alpha value is -0.960. The molecule has 0 amide bonds. The van der Waals surface area contributed by atoms with E-state index < -0.39 is 10.0 Å². The van der Waals surface area contributed by atoms with Crippen molar-refractivity contribution in [2.75, 3.05) is 5.73 Å². The topological polar surface area (TPSA) is 85.1 Å². The summed E-state index contributed by atoms with van der Waals surface area (Å²) in [6.45, 7) is 0.251. The van der Waals surface area contributed by atoms with Crippen LogP contribution in [-0.2, 0) is 16.6 Å². The third kappa shape index (κ3) is 3.29. The summed E-state index contributed by atoms with van der Waals surface area (Å²) in [7, 11) is -3.55. The Morgan fingerprint density at radius 1 is 1.39 bits per heavy atom. The van der Waals surface area contributed by atoms with Crippen molar-refractivity contribution in [3.05, 3.63) is 39.1 Å². The van der Waals surface area contributed by atoms with E-state index in [2.05, 4.69) is 25.6 Å². The zero-order valence-corrected chi connectivity index (χ0v) is 12.3. The van der Waals surface area contributed by atoms with Crippen LogP contribution in [0.3, 0.4) is 0 Å². The average Bonchev–Trinajstić information content (AvgIpc) is 2.73. The van der Waals surface area contributed by atoms with Crippen molar-refractivity contribution < 1.29 is 8.42 Å². The van der Waals surface area contributed by atoms with Gasteiger partial charge in [0, 0.05) is 23.7 Å². The van der Waals surface area contributed by atoms with Crippen molar-refractivity contribution in [3.8, 4) is 0 Å². The molecule has 8 heteroatoms. The van der Waals surface area contributed by atoms with Crippen LogP contribution in [0.2, 0.25) is 0 Å². The molecule has 0 radical (unpaired) electrons. The molecule has 96 valence electrons. The summed E-state index contributed by atoms with van der Waals surface area (Å²) in [6, 6.07) is 6.46. The summed E-state index contributed by atoms with van der Waals surface area (Å²) in [5.74, 6) is 0.178. The Balaban J connectivity index is 2.13. The molecule has 2 aromatic rings. The lowest BCUT2D eigenvalue weighted by molar-refractivity contribution is 0.581. The van der Waals surface area contributed by atoms with E-state index in [1.165, 1.54) is 29.7 Å². The van der Waals surface area contributed by atoms with E-state index >= 15 is 0 Å². The van der Waals surface area contributed by atoms with Crippen LogP contribution in [0, 0.1) is 0 Å². The molecule has 2 aromatic heterocycles. The minimum Gasteiger partial charge on any atom is -0.384 e. The third-order valence-corrected chi connectivity index (χ3v) is 5.15. The molecule has 3 N–H and O–H groups in total. The van der Waals surface area contributed by atoms with Gasteiger partial charge in [0.25, 0.3) is 0 Å². The number of hydrogen-bond donors (Lipinski definition) is 2. The molecule has 0 fully saturated rings. The van der Waals surface area contributed by atoms with Crippen LogP contribution in [0.4, 0.5) is 5.82 Å². The standard InChI is InChI=1S/C10H10BrN3O2S2/c11-9-2-1-7(17-9)6-14-18(15,16)8-3-4-13-10(12)5-8/h1-5,14H,6H2,(H2,12,13). The molecule has 0 aromatic carbocycles. The fourth-order valence-electron chi connectivity index (χ4n) is 1.29. The van der Waals surface area contributed by atoms with E-state index in [-0.39, 0.29) is 17.3 Å². The number of aromatic nitrogens is 1. The number of halogens is 1. The number of pyridine rings is 1. The molecule has 0 aliphatic carbocycles. The Morgan fingerprint density at radius 2 is 2.17 bits per heavy atom. The number of sulfonamides is 1. The maximum absolute atomic E-state index is 12.0. The van der Waals surface area contributed by atoms with Gasteiger partial charge in [0.15, 0.2) is 0 Å². The molecule has 18 heavy (non-hydrogen) atoms. The zero-order valence-electron chi connectivity index (χ0n) is 9.13. The SMILES string of the molecule is Nc1cc(S(=O)(=O)NCc2ccc(Br)s2)ccn1. The lowest BCUT2D eigenvalue weighted by Gasteiger charge is -2.05. The van der Waals surface area contributed by atoms with Gasteiger partial charge >= 0.3 is 0 Å². The molecule has 0 atom stereocenters. The van der Waals surface area contributed by atoms with Gasteiger partial charge in [-0.25, -0.2) is 18.1 Å². The molecule has 2 heterocycles. The normalized spacial score (nSPS) is 11.6. The predicted octanol–water partition coefficient (Wildman–Crippen LogP) is 1.97. The first-order chi connectivity index (χ1) is 8.47. The number of nitrogens with two attached hydrogens (primary N) is 1. The Bertz CT molecular complexity index is 655. The van der Waals surface area contributed by atoms with Crippen molar-refractivity contribution in [2.24, 2.45) is 0 Å². The average molecular weight is 348 g/mol. The highest BCUT2D eigenvalue weighted by molar-refractivity contribution is 9.11. The first-order valence-corrected chi connectivity index (χ1v) is 8.02. The zero-order chi connectivity index (χ0) is 13.2. The molecule has 2 rings (SSSR count). The summed E-state index contributed by atoms with van der Waals surface area (Å²) in [6.07, 6.45) is 1.37. The highest BCUT2D eigenvalue weighted by Crippen LogP contribution is 2.22. The van der Waals surface area contributed by atoms with E-state index in [1.807, 2.05) is 12.1 Å². The number of anilines is 1. The molecule has 0 aliphatic heterocycles. The van der Waals surface area contributed by atoms with Gasteiger partial charge in [-0.2, -0.15) is 0 Å². The van der Waals surface area contributed by atoms with E-state index in [9.17, 15) is 8.42 Å². The van der Waals surface area contributed by atoms with Gasteiger partial charge in [0.2, 0.25) is 10.0 Å². The number of nitrogen functional groups attached to an aromatic ring is 1. The molecular formula is C10H10BrN3O2S2. The first-order valence-electron chi connectivity index (χ1n) is 4.93. The van der Waals surface area contributed by atoms with Crippen LogP contribution in [0.1, 0.15) is 4.88 Å². The van der Waals surface area contributed by atoms with E-state index in [4.69, 9.17) is 5.73 Å². The molecular weight excluding hydrogens is 338 g/mol. The van der Waals surface area contributed by atoms with Crippen LogP contribution < -0.4 is 10.5 Å². The number of thiophene rings is 1. The highest BCUT2D eigenvalue weighted by Gasteiger charge is 2.14. The molecule has 0 aliphatic rings. The smallest absolute Gasteiger partial charge is 0.241 e. The molecule has 0 saturated carbocycles. The van der Waals surface area contributed by atoms with Crippen LogP contribution in [0.5, 0.6) is 0 Å². The van der Waals surface area contributed by atoms with Gasteiger partial charge in [-0.3, -0.25) is 0 Å². The summed E-state index contributed by atoms with van der Waals surface area (Å²) < 4.78 is 27.4. The lowest BCUT2D eigenvalue weighted by atomic mass is 10.5. The molecule has 5 nitrogen and oxygen atoms in total. The van der Waals surface area contributed by atoms with Crippen LogP contribution in [0.15, 0.2) is 39.1 Å². The van der Waals surface area contributed by atoms with Gasteiger partial charge in [0.05, 0.1) is 8.68 Å². The predicted molar refractivity (Wildman–Crippen MR) is 74.7 cm³/mol. The fraction of sp³-hybridized carbons (Fsp3) is 0.100. The summed E-state index contributed by atoms with van der Waals surface area (Å²) in [4.78, 5) is 4.80. The van der Waals surface area contributed by atoms with Crippen molar-refractivity contribution in [1.82, 2.24) is 9.71 Å². The number of nitrogens with one attached hydrogen (secondary N) is 1. The minimum absolute atomic E-state index is 0.116. The van der Waals surface area contributed by atoms with Crippen molar-refractivity contribution >= 4 is 43.1 Å². The van der Waals surface area contributed by atoms with Crippen LogP contribution in [0.25, 0.3) is 0 Å². The largest absolute Gasteiger partial charge is 0.384 e. The van der Waals surface area contributed by atoms with E-state index in [0.717, 1.165) is 8.66 Å².